The zero-order chi connectivity index (χ0) is 22.1. The van der Waals surface area contributed by atoms with Crippen molar-refractivity contribution in [3.8, 4) is 10.6 Å². The Bertz CT molecular complexity index is 1250. The van der Waals surface area contributed by atoms with Gasteiger partial charge in [0.05, 0.1) is 22.5 Å². The molecule has 4 aromatic heterocycles. The van der Waals surface area contributed by atoms with Crippen LogP contribution in [0.25, 0.3) is 16.2 Å². The second-order valence-electron chi connectivity index (χ2n) is 8.64. The lowest BCUT2D eigenvalue weighted by atomic mass is 10.0. The van der Waals surface area contributed by atoms with Gasteiger partial charge in [-0.05, 0) is 69.4 Å². The zero-order valence-electron chi connectivity index (χ0n) is 18.7. The van der Waals surface area contributed by atoms with Gasteiger partial charge in [-0.3, -0.25) is 14.2 Å². The third-order valence-electron chi connectivity index (χ3n) is 6.21. The predicted molar refractivity (Wildman–Crippen MR) is 131 cm³/mol. The van der Waals surface area contributed by atoms with E-state index in [4.69, 9.17) is 4.98 Å². The van der Waals surface area contributed by atoms with Crippen molar-refractivity contribution in [3.05, 3.63) is 70.6 Å². The van der Waals surface area contributed by atoms with Crippen LogP contribution in [0.5, 0.6) is 0 Å². The summed E-state index contributed by atoms with van der Waals surface area (Å²) in [5.41, 5.74) is 5.91. The molecule has 1 aliphatic rings. The van der Waals surface area contributed by atoms with Crippen LogP contribution in [0.15, 0.2) is 48.9 Å². The summed E-state index contributed by atoms with van der Waals surface area (Å²) >= 11 is 1.76. The smallest absolute Gasteiger partial charge is 0.164 e. The van der Waals surface area contributed by atoms with Crippen molar-refractivity contribution in [1.29, 1.82) is 0 Å². The Hall–Kier alpha value is -2.99. The fraction of sp³-hybridized carbons (Fsp3) is 0.346. The lowest BCUT2D eigenvalue weighted by Gasteiger charge is -2.29. The van der Waals surface area contributed by atoms with Crippen LogP contribution in [0.3, 0.4) is 0 Å². The van der Waals surface area contributed by atoms with E-state index in [1.165, 1.54) is 29.0 Å². The molecule has 5 heterocycles. The van der Waals surface area contributed by atoms with E-state index < -0.39 is 0 Å². The molecular formula is C26H28N4OS. The topological polar surface area (TPSA) is 50.5 Å². The molecule has 5 nitrogen and oxygen atoms in total. The summed E-state index contributed by atoms with van der Waals surface area (Å²) in [6.45, 7) is 6.13. The molecule has 0 unspecified atom stereocenters. The van der Waals surface area contributed by atoms with Crippen LogP contribution >= 0.6 is 11.3 Å². The molecule has 5 rings (SSSR count). The van der Waals surface area contributed by atoms with Crippen molar-refractivity contribution in [1.82, 2.24) is 14.4 Å². The van der Waals surface area contributed by atoms with E-state index in [1.54, 1.807) is 11.3 Å². The summed E-state index contributed by atoms with van der Waals surface area (Å²) in [6.07, 6.45) is 10.6. The molecule has 0 amide bonds. The van der Waals surface area contributed by atoms with Crippen LogP contribution in [0, 0.1) is 13.8 Å². The molecule has 164 valence electrons. The molecule has 0 bridgehead atoms. The number of piperidine rings is 1. The summed E-state index contributed by atoms with van der Waals surface area (Å²) < 4.78 is 2.12. The van der Waals surface area contributed by atoms with Crippen molar-refractivity contribution in [2.75, 3.05) is 18.0 Å². The maximum atomic E-state index is 13.3. The van der Waals surface area contributed by atoms with Gasteiger partial charge in [-0.1, -0.05) is 6.07 Å². The molecule has 32 heavy (non-hydrogen) atoms. The highest BCUT2D eigenvalue weighted by atomic mass is 32.1. The SMILES string of the molecule is Cc1ccc(CCC(=O)c2cc(N3CCCCC3)c3ncc(-c4ccc(C)s4)n3c2)cn1. The molecule has 0 spiro atoms. The van der Waals surface area contributed by atoms with Gasteiger partial charge >= 0.3 is 0 Å². The fourth-order valence-corrected chi connectivity index (χ4v) is 5.27. The largest absolute Gasteiger partial charge is 0.369 e. The first kappa shape index (κ1) is 20.9. The average Bonchev–Trinajstić information content (AvgIpc) is 3.44. The minimum absolute atomic E-state index is 0.160. The first-order valence-electron chi connectivity index (χ1n) is 11.4. The summed E-state index contributed by atoms with van der Waals surface area (Å²) in [5.74, 6) is 0.160. The van der Waals surface area contributed by atoms with Gasteiger partial charge in [0.2, 0.25) is 0 Å². The van der Waals surface area contributed by atoms with Gasteiger partial charge in [0.25, 0.3) is 0 Å². The molecular weight excluding hydrogens is 416 g/mol. The molecule has 1 aliphatic heterocycles. The quantitative estimate of drug-likeness (QED) is 0.349. The Balaban J connectivity index is 1.52. The molecule has 4 aromatic rings. The number of ketones is 1. The second kappa shape index (κ2) is 8.87. The van der Waals surface area contributed by atoms with E-state index in [2.05, 4.69) is 45.5 Å². The second-order valence-corrected chi connectivity index (χ2v) is 9.93. The third-order valence-corrected chi connectivity index (χ3v) is 7.23. The minimum atomic E-state index is 0.160. The number of anilines is 1. The van der Waals surface area contributed by atoms with Crippen LogP contribution in [0.1, 0.15) is 52.2 Å². The Labute approximate surface area is 192 Å². The number of imidazole rings is 1. The lowest BCUT2D eigenvalue weighted by molar-refractivity contribution is 0.0982. The van der Waals surface area contributed by atoms with Gasteiger partial charge in [-0.15, -0.1) is 11.3 Å². The summed E-state index contributed by atoms with van der Waals surface area (Å²) in [6, 6.07) is 10.4. The summed E-state index contributed by atoms with van der Waals surface area (Å²) in [7, 11) is 0. The van der Waals surface area contributed by atoms with Gasteiger partial charge in [-0.25, -0.2) is 4.98 Å². The van der Waals surface area contributed by atoms with Crippen molar-refractivity contribution in [2.24, 2.45) is 0 Å². The Morgan fingerprint density at radius 3 is 2.59 bits per heavy atom. The van der Waals surface area contributed by atoms with E-state index in [-0.39, 0.29) is 5.78 Å². The third kappa shape index (κ3) is 4.19. The van der Waals surface area contributed by atoms with Gasteiger partial charge in [-0.2, -0.15) is 0 Å². The van der Waals surface area contributed by atoms with Crippen molar-refractivity contribution >= 4 is 28.5 Å². The Kier molecular flexibility index (Phi) is 5.79. The van der Waals surface area contributed by atoms with E-state index in [0.717, 1.165) is 46.9 Å². The zero-order valence-corrected chi connectivity index (χ0v) is 19.5. The van der Waals surface area contributed by atoms with Crippen LogP contribution < -0.4 is 4.90 Å². The summed E-state index contributed by atoms with van der Waals surface area (Å²) in [5, 5.41) is 0. The predicted octanol–water partition coefficient (Wildman–Crippen LogP) is 5.88. The van der Waals surface area contributed by atoms with Crippen LogP contribution in [-0.2, 0) is 6.42 Å². The monoisotopic (exact) mass is 444 g/mol. The van der Waals surface area contributed by atoms with Gasteiger partial charge in [0.15, 0.2) is 11.4 Å². The first-order chi connectivity index (χ1) is 15.6. The van der Waals surface area contributed by atoms with E-state index in [9.17, 15) is 4.79 Å². The molecule has 0 radical (unpaired) electrons. The van der Waals surface area contributed by atoms with E-state index >= 15 is 0 Å². The molecule has 0 atom stereocenters. The number of hydrogen-bond acceptors (Lipinski definition) is 5. The molecule has 0 aromatic carbocycles. The first-order valence-corrected chi connectivity index (χ1v) is 12.2. The number of carbonyl (C=O) groups is 1. The van der Waals surface area contributed by atoms with Crippen LogP contribution in [0.2, 0.25) is 0 Å². The van der Waals surface area contributed by atoms with Crippen LogP contribution in [0.4, 0.5) is 5.69 Å². The summed E-state index contributed by atoms with van der Waals surface area (Å²) in [4.78, 5) is 27.3. The molecule has 0 N–H and O–H groups in total. The maximum absolute atomic E-state index is 13.3. The molecule has 1 fully saturated rings. The number of aromatic nitrogens is 3. The number of aryl methyl sites for hydroxylation is 3. The Morgan fingerprint density at radius 1 is 1.03 bits per heavy atom. The number of Topliss-reactive ketones (excluding diaryl/α,β-unsaturated/α-hetero) is 1. The highest BCUT2D eigenvalue weighted by Gasteiger charge is 2.20. The minimum Gasteiger partial charge on any atom is -0.369 e. The normalized spacial score (nSPS) is 14.2. The number of thiophene rings is 1. The highest BCUT2D eigenvalue weighted by molar-refractivity contribution is 7.15. The van der Waals surface area contributed by atoms with Crippen molar-refractivity contribution in [3.63, 3.8) is 0 Å². The van der Waals surface area contributed by atoms with Crippen molar-refractivity contribution < 1.29 is 4.79 Å². The van der Waals surface area contributed by atoms with Gasteiger partial charge < -0.3 is 4.90 Å². The van der Waals surface area contributed by atoms with E-state index in [0.29, 0.717) is 12.8 Å². The lowest BCUT2D eigenvalue weighted by Crippen LogP contribution is -2.30. The Morgan fingerprint density at radius 2 is 1.88 bits per heavy atom. The number of nitrogens with zero attached hydrogens (tertiary/aromatic N) is 4. The van der Waals surface area contributed by atoms with Gasteiger partial charge in [0.1, 0.15) is 0 Å². The number of fused-ring (bicyclic) bond motifs is 1. The average molecular weight is 445 g/mol. The number of hydrogen-bond donors (Lipinski definition) is 0. The van der Waals surface area contributed by atoms with Crippen molar-refractivity contribution in [2.45, 2.75) is 46.0 Å². The number of rotatable bonds is 6. The van der Waals surface area contributed by atoms with E-state index in [1.807, 2.05) is 31.6 Å². The van der Waals surface area contributed by atoms with Gasteiger partial charge in [0, 0.05) is 48.0 Å². The standard InChI is InChI=1S/C26H28N4OS/c1-18-6-8-20(15-27-18)9-10-24(31)21-14-22(29-12-4-3-5-13-29)26-28-16-23(30(26)17-21)25-11-7-19(2)32-25/h6-8,11,14-17H,3-5,9-10,12-13H2,1-2H3. The molecule has 0 aliphatic carbocycles. The number of carbonyl (C=O) groups excluding carboxylic acids is 1. The molecule has 1 saturated heterocycles. The number of pyridine rings is 2. The fourth-order valence-electron chi connectivity index (χ4n) is 4.39. The van der Waals surface area contributed by atoms with Crippen LogP contribution in [-0.4, -0.2) is 33.2 Å². The maximum Gasteiger partial charge on any atom is 0.164 e. The highest BCUT2D eigenvalue weighted by Crippen LogP contribution is 2.33. The molecule has 0 saturated carbocycles. The molecule has 6 heteroatoms.